The van der Waals surface area contributed by atoms with Gasteiger partial charge in [-0.3, -0.25) is 4.79 Å². The summed E-state index contributed by atoms with van der Waals surface area (Å²) in [7, 11) is 0. The lowest BCUT2D eigenvalue weighted by Gasteiger charge is -2.21. The minimum atomic E-state index is -4.60. The van der Waals surface area contributed by atoms with Crippen LogP contribution in [-0.4, -0.2) is 16.2 Å². The number of phenols is 1. The molecule has 0 aliphatic heterocycles. The minimum absolute atomic E-state index is 0.00977. The van der Waals surface area contributed by atoms with Crippen molar-refractivity contribution in [3.63, 3.8) is 0 Å². The molecule has 6 heteroatoms. The Morgan fingerprint density at radius 1 is 0.931 bits per heavy atom. The number of carbonyl (C=O) groups is 1. The van der Waals surface area contributed by atoms with Crippen LogP contribution in [-0.2, 0) is 17.4 Å². The van der Waals surface area contributed by atoms with Crippen LogP contribution in [0.1, 0.15) is 23.1 Å². The van der Waals surface area contributed by atoms with E-state index in [4.69, 9.17) is 5.11 Å². The lowest BCUT2D eigenvalue weighted by Crippen LogP contribution is -2.11. The molecule has 0 heterocycles. The molecule has 3 nitrogen and oxygen atoms in total. The van der Waals surface area contributed by atoms with Crippen LogP contribution in [0.15, 0.2) is 60.7 Å². The predicted octanol–water partition coefficient (Wildman–Crippen LogP) is 6.07. The number of carboxylic acids is 1. The van der Waals surface area contributed by atoms with Crippen molar-refractivity contribution in [2.45, 2.75) is 25.9 Å². The molecule has 150 valence electrons. The maximum absolute atomic E-state index is 14.1. The quantitative estimate of drug-likeness (QED) is 0.546. The standard InChI is InChI=1S/C23H19F3O3/c1-14-18(15-5-3-2-4-6-15)10-11-20(22(14)23(24,25)26)19-9-8-17(27)13-16(19)7-12-21(28)29/h2-6,8-11,13,27H,7,12H2,1H3,(H,28,29). The number of aliphatic carboxylic acids is 1. The van der Waals surface area contributed by atoms with Crippen molar-refractivity contribution in [3.8, 4) is 28.0 Å². The van der Waals surface area contributed by atoms with Crippen molar-refractivity contribution in [1.82, 2.24) is 0 Å². The van der Waals surface area contributed by atoms with Gasteiger partial charge in [-0.25, -0.2) is 0 Å². The molecule has 0 bridgehead atoms. The highest BCUT2D eigenvalue weighted by Crippen LogP contribution is 2.44. The molecule has 0 aliphatic rings. The van der Waals surface area contributed by atoms with Crippen LogP contribution in [0.25, 0.3) is 22.3 Å². The van der Waals surface area contributed by atoms with Crippen molar-refractivity contribution in [2.75, 3.05) is 0 Å². The van der Waals surface area contributed by atoms with Crippen LogP contribution in [0.4, 0.5) is 13.2 Å². The third-order valence-electron chi connectivity index (χ3n) is 4.82. The Balaban J connectivity index is 2.23. The molecule has 0 fully saturated rings. The largest absolute Gasteiger partial charge is 0.508 e. The van der Waals surface area contributed by atoms with Crippen LogP contribution in [0.2, 0.25) is 0 Å². The van der Waals surface area contributed by atoms with Gasteiger partial charge in [-0.2, -0.15) is 13.2 Å². The van der Waals surface area contributed by atoms with Gasteiger partial charge in [0.25, 0.3) is 0 Å². The lowest BCUT2D eigenvalue weighted by molar-refractivity contribution is -0.138. The molecule has 0 spiro atoms. The number of aromatic hydroxyl groups is 1. The zero-order valence-corrected chi connectivity index (χ0v) is 15.6. The average molecular weight is 400 g/mol. The van der Waals surface area contributed by atoms with E-state index < -0.39 is 17.7 Å². The Hall–Kier alpha value is -3.28. The van der Waals surface area contributed by atoms with Crippen molar-refractivity contribution in [3.05, 3.63) is 77.4 Å². The molecule has 0 radical (unpaired) electrons. The van der Waals surface area contributed by atoms with Gasteiger partial charge in [0, 0.05) is 6.42 Å². The zero-order chi connectivity index (χ0) is 21.2. The van der Waals surface area contributed by atoms with Crippen molar-refractivity contribution < 1.29 is 28.2 Å². The molecule has 3 aromatic carbocycles. The summed E-state index contributed by atoms with van der Waals surface area (Å²) < 4.78 is 42.2. The third-order valence-corrected chi connectivity index (χ3v) is 4.82. The summed E-state index contributed by atoms with van der Waals surface area (Å²) in [6.45, 7) is 1.44. The second kappa shape index (κ2) is 7.99. The lowest BCUT2D eigenvalue weighted by atomic mass is 9.87. The summed E-state index contributed by atoms with van der Waals surface area (Å²) in [5, 5.41) is 18.7. The first-order valence-corrected chi connectivity index (χ1v) is 8.98. The van der Waals surface area contributed by atoms with Gasteiger partial charge < -0.3 is 10.2 Å². The highest BCUT2D eigenvalue weighted by Gasteiger charge is 2.37. The van der Waals surface area contributed by atoms with E-state index in [0.29, 0.717) is 16.7 Å². The van der Waals surface area contributed by atoms with E-state index in [1.165, 1.54) is 31.2 Å². The molecular weight excluding hydrogens is 381 g/mol. The van der Waals surface area contributed by atoms with E-state index >= 15 is 0 Å². The minimum Gasteiger partial charge on any atom is -0.508 e. The van der Waals surface area contributed by atoms with Gasteiger partial charge in [-0.15, -0.1) is 0 Å². The van der Waals surface area contributed by atoms with Gasteiger partial charge in [-0.1, -0.05) is 48.5 Å². The van der Waals surface area contributed by atoms with Gasteiger partial charge in [-0.05, 0) is 58.9 Å². The van der Waals surface area contributed by atoms with Gasteiger partial charge in [0.1, 0.15) is 5.75 Å². The highest BCUT2D eigenvalue weighted by atomic mass is 19.4. The molecule has 0 saturated carbocycles. The summed E-state index contributed by atoms with van der Waals surface area (Å²) in [5.74, 6) is -1.19. The fourth-order valence-electron chi connectivity index (χ4n) is 3.52. The first kappa shape index (κ1) is 20.5. The third kappa shape index (κ3) is 4.42. The van der Waals surface area contributed by atoms with Gasteiger partial charge >= 0.3 is 12.1 Å². The maximum atomic E-state index is 14.1. The van der Waals surface area contributed by atoms with Crippen molar-refractivity contribution >= 4 is 5.97 Å². The van der Waals surface area contributed by atoms with Crippen LogP contribution >= 0.6 is 0 Å². The van der Waals surface area contributed by atoms with E-state index in [-0.39, 0.29) is 35.3 Å². The number of rotatable bonds is 5. The molecule has 3 aromatic rings. The number of hydrogen-bond donors (Lipinski definition) is 2. The Morgan fingerprint density at radius 3 is 2.17 bits per heavy atom. The number of hydrogen-bond acceptors (Lipinski definition) is 2. The van der Waals surface area contributed by atoms with Crippen molar-refractivity contribution in [2.24, 2.45) is 0 Å². The monoisotopic (exact) mass is 400 g/mol. The molecule has 29 heavy (non-hydrogen) atoms. The van der Waals surface area contributed by atoms with Crippen LogP contribution in [0, 0.1) is 6.92 Å². The molecule has 0 amide bonds. The second-order valence-electron chi connectivity index (χ2n) is 6.76. The van der Waals surface area contributed by atoms with Crippen molar-refractivity contribution in [1.29, 1.82) is 0 Å². The topological polar surface area (TPSA) is 57.5 Å². The van der Waals surface area contributed by atoms with E-state index in [1.54, 1.807) is 36.4 Å². The maximum Gasteiger partial charge on any atom is 0.417 e. The number of benzene rings is 3. The van der Waals surface area contributed by atoms with Gasteiger partial charge in [0.05, 0.1) is 5.56 Å². The van der Waals surface area contributed by atoms with E-state index in [0.717, 1.165) is 0 Å². The molecule has 0 atom stereocenters. The summed E-state index contributed by atoms with van der Waals surface area (Å²) in [6, 6.07) is 15.9. The Bertz CT molecular complexity index is 1040. The van der Waals surface area contributed by atoms with E-state index in [1.807, 2.05) is 0 Å². The first-order chi connectivity index (χ1) is 13.7. The second-order valence-corrected chi connectivity index (χ2v) is 6.76. The summed E-state index contributed by atoms with van der Waals surface area (Å²) >= 11 is 0. The van der Waals surface area contributed by atoms with Crippen LogP contribution < -0.4 is 0 Å². The van der Waals surface area contributed by atoms with Crippen LogP contribution in [0.5, 0.6) is 5.75 Å². The fraction of sp³-hybridized carbons (Fsp3) is 0.174. The smallest absolute Gasteiger partial charge is 0.417 e. The molecule has 2 N–H and O–H groups in total. The summed E-state index contributed by atoms with van der Waals surface area (Å²) in [5.41, 5.74) is 1.07. The number of phenolic OH excluding ortho intramolecular Hbond substituents is 1. The van der Waals surface area contributed by atoms with E-state index in [9.17, 15) is 23.1 Å². The zero-order valence-electron chi connectivity index (χ0n) is 15.6. The molecule has 0 saturated heterocycles. The Labute approximate surface area is 166 Å². The molecule has 0 aromatic heterocycles. The SMILES string of the molecule is Cc1c(-c2ccccc2)ccc(-c2ccc(O)cc2CCC(=O)O)c1C(F)(F)F. The number of carboxylic acid groups (broad SMARTS) is 1. The summed E-state index contributed by atoms with van der Waals surface area (Å²) in [4.78, 5) is 10.9. The van der Waals surface area contributed by atoms with Gasteiger partial charge in [0.15, 0.2) is 0 Å². The number of aryl methyl sites for hydroxylation is 1. The average Bonchev–Trinajstić information content (AvgIpc) is 2.66. The first-order valence-electron chi connectivity index (χ1n) is 8.98. The Morgan fingerprint density at radius 2 is 1.55 bits per heavy atom. The normalized spacial score (nSPS) is 11.4. The number of alkyl halides is 3. The highest BCUT2D eigenvalue weighted by molar-refractivity contribution is 5.80. The fourth-order valence-corrected chi connectivity index (χ4v) is 3.52. The number of halogens is 3. The summed E-state index contributed by atoms with van der Waals surface area (Å²) in [6.07, 6.45) is -4.85. The molecule has 0 aliphatic carbocycles. The Kier molecular flexibility index (Phi) is 5.64. The van der Waals surface area contributed by atoms with E-state index in [2.05, 4.69) is 0 Å². The van der Waals surface area contributed by atoms with Crippen LogP contribution in [0.3, 0.4) is 0 Å². The van der Waals surface area contributed by atoms with Gasteiger partial charge in [0.2, 0.25) is 0 Å². The molecular formula is C23H19F3O3. The molecule has 0 unspecified atom stereocenters. The predicted molar refractivity (Wildman–Crippen MR) is 105 cm³/mol. The molecule has 3 rings (SSSR count).